The van der Waals surface area contributed by atoms with Crippen LogP contribution >= 0.6 is 11.6 Å². The van der Waals surface area contributed by atoms with Gasteiger partial charge in [0.05, 0.1) is 5.02 Å². The second-order valence-corrected chi connectivity index (χ2v) is 8.23. The smallest absolute Gasteiger partial charge is 0.261 e. The van der Waals surface area contributed by atoms with Crippen LogP contribution in [0.25, 0.3) is 0 Å². The van der Waals surface area contributed by atoms with E-state index in [2.05, 4.69) is 5.32 Å². The van der Waals surface area contributed by atoms with Crippen LogP contribution in [0.15, 0.2) is 78.9 Å². The van der Waals surface area contributed by atoms with E-state index < -0.39 is 6.04 Å². The molecule has 1 atom stereocenters. The van der Waals surface area contributed by atoms with Gasteiger partial charge in [-0.15, -0.1) is 0 Å². The molecular weight excluding hydrogens is 436 g/mol. The minimum absolute atomic E-state index is 0.195. The van der Waals surface area contributed by atoms with Crippen molar-refractivity contribution in [2.75, 3.05) is 13.2 Å². The van der Waals surface area contributed by atoms with Gasteiger partial charge in [0.25, 0.3) is 5.91 Å². The number of benzene rings is 3. The molecular formula is C27H29ClN2O3. The summed E-state index contributed by atoms with van der Waals surface area (Å²) in [5, 5.41) is 3.31. The van der Waals surface area contributed by atoms with E-state index in [1.165, 1.54) is 0 Å². The number of amides is 2. The zero-order chi connectivity index (χ0) is 23.6. The number of carbonyl (C=O) groups is 2. The van der Waals surface area contributed by atoms with Crippen LogP contribution in [-0.4, -0.2) is 35.9 Å². The van der Waals surface area contributed by atoms with Crippen molar-refractivity contribution in [1.82, 2.24) is 10.2 Å². The summed E-state index contributed by atoms with van der Waals surface area (Å²) in [5.41, 5.74) is 3.04. The van der Waals surface area contributed by atoms with E-state index in [-0.39, 0.29) is 18.4 Å². The van der Waals surface area contributed by atoms with Crippen molar-refractivity contribution >= 4 is 23.4 Å². The largest absolute Gasteiger partial charge is 0.482 e. The zero-order valence-corrected chi connectivity index (χ0v) is 19.7. The Morgan fingerprint density at radius 3 is 2.27 bits per heavy atom. The van der Waals surface area contributed by atoms with Gasteiger partial charge < -0.3 is 15.0 Å². The lowest BCUT2D eigenvalue weighted by Gasteiger charge is -2.31. The van der Waals surface area contributed by atoms with E-state index in [1.54, 1.807) is 29.2 Å². The predicted molar refractivity (Wildman–Crippen MR) is 131 cm³/mol. The quantitative estimate of drug-likeness (QED) is 0.468. The maximum atomic E-state index is 13.4. The van der Waals surface area contributed by atoms with Gasteiger partial charge in [-0.3, -0.25) is 9.59 Å². The fraction of sp³-hybridized carbons (Fsp3) is 0.259. The monoisotopic (exact) mass is 464 g/mol. The van der Waals surface area contributed by atoms with Crippen molar-refractivity contribution in [1.29, 1.82) is 0 Å². The summed E-state index contributed by atoms with van der Waals surface area (Å²) in [6, 6.07) is 24.0. The van der Waals surface area contributed by atoms with Gasteiger partial charge in [0, 0.05) is 19.5 Å². The number of nitrogens with one attached hydrogen (secondary N) is 1. The Balaban J connectivity index is 1.89. The summed E-state index contributed by atoms with van der Waals surface area (Å²) in [7, 11) is 0. The molecule has 0 saturated heterocycles. The number of likely N-dealkylation sites (N-methyl/N-ethyl adjacent to an activating group) is 1. The van der Waals surface area contributed by atoms with Gasteiger partial charge in [0.2, 0.25) is 5.91 Å². The van der Waals surface area contributed by atoms with Crippen LogP contribution in [0.1, 0.15) is 23.6 Å². The van der Waals surface area contributed by atoms with Crippen LogP contribution in [0, 0.1) is 6.92 Å². The molecule has 0 aliphatic carbocycles. The van der Waals surface area contributed by atoms with Crippen LogP contribution in [0.3, 0.4) is 0 Å². The van der Waals surface area contributed by atoms with Crippen molar-refractivity contribution < 1.29 is 14.3 Å². The molecule has 0 aliphatic heterocycles. The zero-order valence-electron chi connectivity index (χ0n) is 19.0. The first kappa shape index (κ1) is 24.3. The molecule has 0 aromatic heterocycles. The van der Waals surface area contributed by atoms with Gasteiger partial charge in [0.1, 0.15) is 11.8 Å². The Hall–Kier alpha value is -3.31. The number of para-hydroxylation sites is 1. The summed E-state index contributed by atoms with van der Waals surface area (Å²) < 4.78 is 5.72. The van der Waals surface area contributed by atoms with Crippen LogP contribution < -0.4 is 10.1 Å². The third kappa shape index (κ3) is 7.09. The molecule has 172 valence electrons. The average Bonchev–Trinajstić information content (AvgIpc) is 2.82. The van der Waals surface area contributed by atoms with Gasteiger partial charge in [0.15, 0.2) is 6.61 Å². The van der Waals surface area contributed by atoms with E-state index in [1.807, 2.05) is 68.4 Å². The van der Waals surface area contributed by atoms with E-state index in [0.717, 1.165) is 16.7 Å². The molecule has 0 unspecified atom stereocenters. The molecule has 3 aromatic carbocycles. The van der Waals surface area contributed by atoms with Gasteiger partial charge in [-0.1, -0.05) is 83.9 Å². The topological polar surface area (TPSA) is 58.6 Å². The number of ether oxygens (including phenoxy) is 1. The van der Waals surface area contributed by atoms with Crippen LogP contribution in [-0.2, 0) is 22.6 Å². The normalized spacial score (nSPS) is 11.5. The number of carbonyl (C=O) groups excluding carboxylic acids is 2. The molecule has 0 bridgehead atoms. The molecule has 0 saturated carbocycles. The van der Waals surface area contributed by atoms with Gasteiger partial charge in [-0.25, -0.2) is 0 Å². The summed E-state index contributed by atoms with van der Waals surface area (Å²) in [6.07, 6.45) is 0.399. The fourth-order valence-electron chi connectivity index (χ4n) is 3.52. The van der Waals surface area contributed by atoms with Crippen LogP contribution in [0.5, 0.6) is 5.75 Å². The fourth-order valence-corrected chi connectivity index (χ4v) is 3.71. The van der Waals surface area contributed by atoms with E-state index >= 15 is 0 Å². The Morgan fingerprint density at radius 1 is 0.939 bits per heavy atom. The molecule has 0 spiro atoms. The summed E-state index contributed by atoms with van der Waals surface area (Å²) >= 11 is 6.18. The molecule has 0 heterocycles. The second-order valence-electron chi connectivity index (χ2n) is 7.83. The molecule has 0 aliphatic rings. The maximum absolute atomic E-state index is 13.4. The average molecular weight is 465 g/mol. The van der Waals surface area contributed by atoms with E-state index in [9.17, 15) is 9.59 Å². The molecule has 3 rings (SSSR count). The highest BCUT2D eigenvalue weighted by Crippen LogP contribution is 2.23. The molecule has 3 aromatic rings. The molecule has 6 heteroatoms. The first-order valence-electron chi connectivity index (χ1n) is 11.0. The maximum Gasteiger partial charge on any atom is 0.261 e. The third-order valence-electron chi connectivity index (χ3n) is 5.28. The van der Waals surface area contributed by atoms with Crippen LogP contribution in [0.4, 0.5) is 0 Å². The molecule has 5 nitrogen and oxygen atoms in total. The number of rotatable bonds is 10. The Kier molecular flexibility index (Phi) is 8.90. The lowest BCUT2D eigenvalue weighted by molar-refractivity contribution is -0.142. The van der Waals surface area contributed by atoms with E-state index in [4.69, 9.17) is 16.3 Å². The molecule has 33 heavy (non-hydrogen) atoms. The van der Waals surface area contributed by atoms with Crippen molar-refractivity contribution in [3.8, 4) is 5.75 Å². The SMILES string of the molecule is CCNC(=O)[C@@H](Cc1ccccc1)N(Cc1ccc(C)cc1)C(=O)COc1ccccc1Cl. The lowest BCUT2D eigenvalue weighted by Crippen LogP contribution is -2.51. The van der Waals surface area contributed by atoms with Crippen molar-refractivity contribution in [3.05, 3.63) is 101 Å². The molecule has 2 amide bonds. The number of halogens is 1. The highest BCUT2D eigenvalue weighted by atomic mass is 35.5. The first-order chi connectivity index (χ1) is 16.0. The number of aryl methyl sites for hydroxylation is 1. The highest BCUT2D eigenvalue weighted by molar-refractivity contribution is 6.32. The standard InChI is InChI=1S/C27H29ClN2O3/c1-3-29-27(32)24(17-21-9-5-4-6-10-21)30(18-22-15-13-20(2)14-16-22)26(31)19-33-25-12-8-7-11-23(25)28/h4-16,24H,3,17-19H2,1-2H3,(H,29,32)/t24-/m1/s1. The number of nitrogens with zero attached hydrogens (tertiary/aromatic N) is 1. The molecule has 0 radical (unpaired) electrons. The van der Waals surface area contributed by atoms with Gasteiger partial charge in [-0.05, 0) is 37.1 Å². The van der Waals surface area contributed by atoms with Crippen molar-refractivity contribution in [3.63, 3.8) is 0 Å². The third-order valence-corrected chi connectivity index (χ3v) is 5.60. The highest BCUT2D eigenvalue weighted by Gasteiger charge is 2.30. The minimum atomic E-state index is -0.684. The first-order valence-corrected chi connectivity index (χ1v) is 11.4. The van der Waals surface area contributed by atoms with Gasteiger partial charge >= 0.3 is 0 Å². The Bertz CT molecular complexity index is 1050. The molecule has 0 fully saturated rings. The van der Waals surface area contributed by atoms with Crippen LogP contribution in [0.2, 0.25) is 5.02 Å². The van der Waals surface area contributed by atoms with Gasteiger partial charge in [-0.2, -0.15) is 0 Å². The summed E-state index contributed by atoms with van der Waals surface area (Å²) in [6.45, 7) is 4.42. The Labute approximate surface area is 200 Å². The van der Waals surface area contributed by atoms with E-state index in [0.29, 0.717) is 30.3 Å². The molecule has 1 N–H and O–H groups in total. The second kappa shape index (κ2) is 12.1. The summed E-state index contributed by atoms with van der Waals surface area (Å²) in [5.74, 6) is -0.0531. The number of hydrogen-bond acceptors (Lipinski definition) is 3. The van der Waals surface area contributed by atoms with Crippen molar-refractivity contribution in [2.45, 2.75) is 32.9 Å². The summed E-state index contributed by atoms with van der Waals surface area (Å²) in [4.78, 5) is 28.1. The Morgan fingerprint density at radius 2 is 1.61 bits per heavy atom. The number of hydrogen-bond donors (Lipinski definition) is 1. The lowest BCUT2D eigenvalue weighted by atomic mass is 10.0. The minimum Gasteiger partial charge on any atom is -0.482 e. The predicted octanol–water partition coefficient (Wildman–Crippen LogP) is 4.80. The van der Waals surface area contributed by atoms with Crippen molar-refractivity contribution in [2.24, 2.45) is 0 Å².